The van der Waals surface area contributed by atoms with Crippen LogP contribution in [-0.2, 0) is 6.61 Å². The molecule has 0 atom stereocenters. The van der Waals surface area contributed by atoms with Gasteiger partial charge in [0.05, 0.1) is 24.5 Å². The van der Waals surface area contributed by atoms with Crippen molar-refractivity contribution in [2.24, 2.45) is 0 Å². The zero-order valence-corrected chi connectivity index (χ0v) is 15.4. The second kappa shape index (κ2) is 7.11. The van der Waals surface area contributed by atoms with Crippen molar-refractivity contribution >= 4 is 11.0 Å². The fourth-order valence-electron chi connectivity index (χ4n) is 2.82. The average Bonchev–Trinajstić information content (AvgIpc) is 3.33. The van der Waals surface area contributed by atoms with E-state index in [-0.39, 0.29) is 6.61 Å². The van der Waals surface area contributed by atoms with Crippen molar-refractivity contribution in [2.45, 2.75) is 26.5 Å². The minimum atomic E-state index is 0.200. The first-order chi connectivity index (χ1) is 13.1. The van der Waals surface area contributed by atoms with E-state index in [2.05, 4.69) is 33.5 Å². The van der Waals surface area contributed by atoms with Gasteiger partial charge in [0.1, 0.15) is 11.5 Å². The van der Waals surface area contributed by atoms with Crippen LogP contribution in [0.1, 0.15) is 25.8 Å². The quantitative estimate of drug-likeness (QED) is 0.509. The van der Waals surface area contributed by atoms with E-state index in [1.54, 1.807) is 7.11 Å². The first kappa shape index (κ1) is 17.1. The van der Waals surface area contributed by atoms with E-state index < -0.39 is 0 Å². The molecule has 0 aliphatic rings. The van der Waals surface area contributed by atoms with Gasteiger partial charge in [0, 0.05) is 11.6 Å². The molecular formula is C20H20N4O3. The van der Waals surface area contributed by atoms with E-state index in [0.29, 0.717) is 23.5 Å². The third-order valence-corrected chi connectivity index (χ3v) is 4.28. The number of fused-ring (bicyclic) bond motifs is 1. The number of imidazole rings is 1. The molecule has 0 aliphatic carbocycles. The van der Waals surface area contributed by atoms with Gasteiger partial charge >= 0.3 is 0 Å². The molecule has 2 heterocycles. The van der Waals surface area contributed by atoms with Crippen LogP contribution in [0.3, 0.4) is 0 Å². The number of benzene rings is 2. The smallest absolute Gasteiger partial charge is 0.264 e. The summed E-state index contributed by atoms with van der Waals surface area (Å²) < 4.78 is 18.3. The highest BCUT2D eigenvalue weighted by Gasteiger charge is 2.12. The number of hydrogen-bond acceptors (Lipinski definition) is 6. The lowest BCUT2D eigenvalue weighted by Gasteiger charge is -2.07. The predicted octanol–water partition coefficient (Wildman–Crippen LogP) is 4.25. The van der Waals surface area contributed by atoms with Crippen molar-refractivity contribution in [2.75, 3.05) is 7.11 Å². The number of ether oxygens (including phenoxy) is 2. The Kier molecular flexibility index (Phi) is 4.50. The van der Waals surface area contributed by atoms with Gasteiger partial charge in [-0.05, 0) is 56.3 Å². The third-order valence-electron chi connectivity index (χ3n) is 4.28. The molecule has 0 amide bonds. The maximum Gasteiger partial charge on any atom is 0.264 e. The molecule has 138 valence electrons. The summed E-state index contributed by atoms with van der Waals surface area (Å²) in [6.45, 7) is 4.44. The van der Waals surface area contributed by atoms with Crippen LogP contribution in [0, 0.1) is 0 Å². The van der Waals surface area contributed by atoms with Crippen molar-refractivity contribution in [1.82, 2.24) is 19.7 Å². The molecule has 2 aromatic heterocycles. The Morgan fingerprint density at radius 2 is 1.85 bits per heavy atom. The van der Waals surface area contributed by atoms with Gasteiger partial charge in [-0.3, -0.25) is 0 Å². The summed E-state index contributed by atoms with van der Waals surface area (Å²) in [5, 5.41) is 4.08. The normalized spacial score (nSPS) is 11.3. The van der Waals surface area contributed by atoms with Gasteiger partial charge in [-0.15, -0.1) is 0 Å². The molecule has 0 fully saturated rings. The average molecular weight is 364 g/mol. The topological polar surface area (TPSA) is 75.2 Å². The van der Waals surface area contributed by atoms with Gasteiger partial charge in [-0.25, -0.2) is 4.98 Å². The lowest BCUT2D eigenvalue weighted by atomic mass is 10.2. The number of nitrogens with zero attached hydrogens (tertiary/aromatic N) is 4. The maximum atomic E-state index is 5.68. The highest BCUT2D eigenvalue weighted by Crippen LogP contribution is 2.24. The zero-order valence-electron chi connectivity index (χ0n) is 15.4. The number of rotatable bonds is 6. The van der Waals surface area contributed by atoms with E-state index in [9.17, 15) is 0 Å². The first-order valence-corrected chi connectivity index (χ1v) is 8.70. The molecule has 7 heteroatoms. The molecule has 4 rings (SSSR count). The Bertz CT molecular complexity index is 1050. The summed E-state index contributed by atoms with van der Waals surface area (Å²) in [5.74, 6) is 2.43. The van der Waals surface area contributed by atoms with Crippen molar-refractivity contribution in [3.05, 3.63) is 54.7 Å². The SMILES string of the molecule is COc1ccc(OCc2nc(-c3ccc4ncn(C(C)C)c4c3)no2)cc1. The summed E-state index contributed by atoms with van der Waals surface area (Å²) in [6, 6.07) is 13.6. The molecule has 0 aliphatic heterocycles. The molecule has 2 aromatic carbocycles. The minimum Gasteiger partial charge on any atom is -0.497 e. The zero-order chi connectivity index (χ0) is 18.8. The molecule has 0 radical (unpaired) electrons. The second-order valence-electron chi connectivity index (χ2n) is 6.43. The Balaban J connectivity index is 1.51. The van der Waals surface area contributed by atoms with Crippen molar-refractivity contribution in [3.63, 3.8) is 0 Å². The fraction of sp³-hybridized carbons (Fsp3) is 0.250. The van der Waals surface area contributed by atoms with Crippen LogP contribution in [0.25, 0.3) is 22.4 Å². The predicted molar refractivity (Wildman–Crippen MR) is 101 cm³/mol. The number of methoxy groups -OCH3 is 1. The van der Waals surface area contributed by atoms with E-state index in [1.165, 1.54) is 0 Å². The molecule has 0 saturated carbocycles. The molecule has 4 aromatic rings. The van der Waals surface area contributed by atoms with Crippen molar-refractivity contribution < 1.29 is 14.0 Å². The highest BCUT2D eigenvalue weighted by atomic mass is 16.5. The van der Waals surface area contributed by atoms with Crippen LogP contribution in [0.4, 0.5) is 0 Å². The van der Waals surface area contributed by atoms with Gasteiger partial charge in [-0.1, -0.05) is 5.16 Å². The summed E-state index contributed by atoms with van der Waals surface area (Å²) >= 11 is 0. The molecule has 0 saturated heterocycles. The molecule has 0 unspecified atom stereocenters. The van der Waals surface area contributed by atoms with Gasteiger partial charge < -0.3 is 18.6 Å². The van der Waals surface area contributed by atoms with E-state index >= 15 is 0 Å². The van der Waals surface area contributed by atoms with E-state index in [4.69, 9.17) is 14.0 Å². The lowest BCUT2D eigenvalue weighted by Crippen LogP contribution is -1.98. The molecule has 27 heavy (non-hydrogen) atoms. The molecule has 7 nitrogen and oxygen atoms in total. The van der Waals surface area contributed by atoms with Gasteiger partial charge in [0.15, 0.2) is 6.61 Å². The molecule has 0 bridgehead atoms. The van der Waals surface area contributed by atoms with Crippen molar-refractivity contribution in [1.29, 1.82) is 0 Å². The summed E-state index contributed by atoms with van der Waals surface area (Å²) in [6.07, 6.45) is 1.85. The van der Waals surface area contributed by atoms with E-state index in [0.717, 1.165) is 22.3 Å². The van der Waals surface area contributed by atoms with Gasteiger partial charge in [0.2, 0.25) is 5.82 Å². The van der Waals surface area contributed by atoms with Crippen LogP contribution in [0.5, 0.6) is 11.5 Å². The number of hydrogen-bond donors (Lipinski definition) is 0. The lowest BCUT2D eigenvalue weighted by molar-refractivity contribution is 0.242. The largest absolute Gasteiger partial charge is 0.497 e. The summed E-state index contributed by atoms with van der Waals surface area (Å²) in [5.41, 5.74) is 2.87. The highest BCUT2D eigenvalue weighted by molar-refractivity contribution is 5.80. The summed E-state index contributed by atoms with van der Waals surface area (Å²) in [7, 11) is 1.63. The Hall–Kier alpha value is -3.35. The number of aromatic nitrogens is 4. The van der Waals surface area contributed by atoms with Crippen LogP contribution in [-0.4, -0.2) is 26.8 Å². The summed E-state index contributed by atoms with van der Waals surface area (Å²) in [4.78, 5) is 8.86. The van der Waals surface area contributed by atoms with Crippen molar-refractivity contribution in [3.8, 4) is 22.9 Å². The first-order valence-electron chi connectivity index (χ1n) is 8.70. The van der Waals surface area contributed by atoms with E-state index in [1.807, 2.05) is 48.8 Å². The fourth-order valence-corrected chi connectivity index (χ4v) is 2.82. The third kappa shape index (κ3) is 3.48. The molecule has 0 spiro atoms. The maximum absolute atomic E-state index is 5.68. The molecular weight excluding hydrogens is 344 g/mol. The van der Waals surface area contributed by atoms with Gasteiger partial charge in [-0.2, -0.15) is 4.98 Å². The standard InChI is InChI=1S/C20H20N4O3/c1-13(2)24-12-21-17-9-4-14(10-18(17)24)20-22-19(27-23-20)11-26-16-7-5-15(25-3)6-8-16/h4-10,12-13H,11H2,1-3H3. The van der Waals surface area contributed by atoms with Gasteiger partial charge in [0.25, 0.3) is 5.89 Å². The molecule has 0 N–H and O–H groups in total. The minimum absolute atomic E-state index is 0.200. The Labute approximate surface area is 156 Å². The second-order valence-corrected chi connectivity index (χ2v) is 6.43. The van der Waals surface area contributed by atoms with Crippen LogP contribution < -0.4 is 9.47 Å². The Morgan fingerprint density at radius 1 is 1.07 bits per heavy atom. The van der Waals surface area contributed by atoms with Crippen LogP contribution >= 0.6 is 0 Å². The van der Waals surface area contributed by atoms with Crippen LogP contribution in [0.2, 0.25) is 0 Å². The Morgan fingerprint density at radius 3 is 2.59 bits per heavy atom. The monoisotopic (exact) mass is 364 g/mol. The van der Waals surface area contributed by atoms with Crippen LogP contribution in [0.15, 0.2) is 53.3 Å².